The predicted octanol–water partition coefficient (Wildman–Crippen LogP) is 2.96. The van der Waals surface area contributed by atoms with Gasteiger partial charge in [0.15, 0.2) is 11.5 Å². The molecule has 0 N–H and O–H groups in total. The van der Waals surface area contributed by atoms with Crippen LogP contribution in [0.2, 0.25) is 5.02 Å². The summed E-state index contributed by atoms with van der Waals surface area (Å²) in [5.74, 6) is 1.19. The molecule has 0 saturated heterocycles. The quantitative estimate of drug-likeness (QED) is 0.809. The number of benzene rings is 1. The van der Waals surface area contributed by atoms with Crippen LogP contribution in [0.5, 0.6) is 11.5 Å². The van der Waals surface area contributed by atoms with E-state index in [0.29, 0.717) is 22.9 Å². The minimum absolute atomic E-state index is 0.271. The van der Waals surface area contributed by atoms with E-state index in [2.05, 4.69) is 6.07 Å². The Kier molecular flexibility index (Phi) is 3.21. The Labute approximate surface area is 99.5 Å². The van der Waals surface area contributed by atoms with E-state index in [9.17, 15) is 0 Å². The lowest BCUT2D eigenvalue weighted by molar-refractivity contribution is 0.282. The molecule has 0 amide bonds. The summed E-state index contributed by atoms with van der Waals surface area (Å²) in [5, 5.41) is 9.14. The van der Waals surface area contributed by atoms with Crippen LogP contribution in [0, 0.1) is 11.3 Å². The van der Waals surface area contributed by atoms with Crippen molar-refractivity contribution >= 4 is 11.6 Å². The van der Waals surface area contributed by atoms with Crippen molar-refractivity contribution in [2.24, 2.45) is 0 Å². The van der Waals surface area contributed by atoms with E-state index in [1.54, 1.807) is 19.2 Å². The molecule has 1 aromatic rings. The molecule has 0 aromatic heterocycles. The summed E-state index contributed by atoms with van der Waals surface area (Å²) in [6.45, 7) is 0. The first kappa shape index (κ1) is 11.1. The fourth-order valence-electron chi connectivity index (χ4n) is 1.43. The van der Waals surface area contributed by atoms with Crippen molar-refractivity contribution in [1.82, 2.24) is 0 Å². The van der Waals surface area contributed by atoms with Crippen molar-refractivity contribution in [2.45, 2.75) is 25.4 Å². The maximum Gasteiger partial charge on any atom is 0.180 e. The Morgan fingerprint density at radius 2 is 2.25 bits per heavy atom. The van der Waals surface area contributed by atoms with Crippen LogP contribution in [-0.4, -0.2) is 13.2 Å². The second-order valence-electron chi connectivity index (χ2n) is 3.76. The Morgan fingerprint density at radius 3 is 2.81 bits per heavy atom. The molecule has 16 heavy (non-hydrogen) atoms. The van der Waals surface area contributed by atoms with Crippen molar-refractivity contribution in [3.05, 3.63) is 22.7 Å². The van der Waals surface area contributed by atoms with Crippen molar-refractivity contribution in [3.8, 4) is 17.6 Å². The van der Waals surface area contributed by atoms with Crippen molar-refractivity contribution in [2.75, 3.05) is 7.11 Å². The molecule has 0 heterocycles. The molecule has 1 aliphatic rings. The Balaban J connectivity index is 2.31. The van der Waals surface area contributed by atoms with Gasteiger partial charge in [-0.1, -0.05) is 11.6 Å². The van der Waals surface area contributed by atoms with Gasteiger partial charge in [0.25, 0.3) is 0 Å². The third kappa shape index (κ3) is 2.40. The number of hydrogen-bond donors (Lipinski definition) is 0. The highest BCUT2D eigenvalue weighted by atomic mass is 35.5. The first-order valence-electron chi connectivity index (χ1n) is 5.14. The van der Waals surface area contributed by atoms with E-state index < -0.39 is 0 Å². The summed E-state index contributed by atoms with van der Waals surface area (Å²) in [5.41, 5.74) is 0.840. The zero-order valence-electron chi connectivity index (χ0n) is 9.00. The van der Waals surface area contributed by atoms with Crippen LogP contribution in [0.15, 0.2) is 12.1 Å². The standard InChI is InChI=1S/C12H12ClNO2/c1-15-11-7-8(4-5-14)6-10(13)12(11)16-9-2-3-9/h6-7,9H,2-4H2,1H3. The molecule has 1 fully saturated rings. The lowest BCUT2D eigenvalue weighted by Crippen LogP contribution is -2.00. The van der Waals surface area contributed by atoms with E-state index in [4.69, 9.17) is 26.3 Å². The van der Waals surface area contributed by atoms with Gasteiger partial charge in [-0.2, -0.15) is 5.26 Å². The number of nitriles is 1. The maximum absolute atomic E-state index is 8.63. The molecule has 0 atom stereocenters. The molecule has 2 rings (SSSR count). The molecule has 1 saturated carbocycles. The summed E-state index contributed by atoms with van der Waals surface area (Å²) < 4.78 is 10.9. The van der Waals surface area contributed by atoms with E-state index >= 15 is 0 Å². The van der Waals surface area contributed by atoms with Crippen LogP contribution in [0.4, 0.5) is 0 Å². The smallest absolute Gasteiger partial charge is 0.180 e. The Morgan fingerprint density at radius 1 is 1.50 bits per heavy atom. The number of methoxy groups -OCH3 is 1. The topological polar surface area (TPSA) is 42.2 Å². The molecule has 84 valence electrons. The van der Waals surface area contributed by atoms with Gasteiger partial charge >= 0.3 is 0 Å². The summed E-state index contributed by atoms with van der Waals surface area (Å²) in [7, 11) is 1.57. The molecular formula is C12H12ClNO2. The van der Waals surface area contributed by atoms with Crippen LogP contribution in [0.3, 0.4) is 0 Å². The number of rotatable bonds is 4. The molecule has 1 aliphatic carbocycles. The van der Waals surface area contributed by atoms with Gasteiger partial charge in [-0.15, -0.1) is 0 Å². The fraction of sp³-hybridized carbons (Fsp3) is 0.417. The summed E-state index contributed by atoms with van der Waals surface area (Å²) in [6.07, 6.45) is 2.73. The molecular weight excluding hydrogens is 226 g/mol. The largest absolute Gasteiger partial charge is 0.493 e. The van der Waals surface area contributed by atoms with Crippen LogP contribution in [-0.2, 0) is 6.42 Å². The van der Waals surface area contributed by atoms with Gasteiger partial charge in [0.05, 0.1) is 30.7 Å². The first-order valence-corrected chi connectivity index (χ1v) is 5.52. The highest BCUT2D eigenvalue weighted by Gasteiger charge is 2.26. The highest BCUT2D eigenvalue weighted by Crippen LogP contribution is 2.40. The third-order valence-corrected chi connectivity index (χ3v) is 2.66. The van der Waals surface area contributed by atoms with E-state index in [0.717, 1.165) is 18.4 Å². The van der Waals surface area contributed by atoms with Gasteiger partial charge in [0.1, 0.15) is 0 Å². The van der Waals surface area contributed by atoms with Crippen molar-refractivity contribution in [1.29, 1.82) is 5.26 Å². The van der Waals surface area contributed by atoms with Gasteiger partial charge in [-0.05, 0) is 30.5 Å². The second kappa shape index (κ2) is 4.63. The SMILES string of the molecule is COc1cc(CC#N)cc(Cl)c1OC1CC1. The fourth-order valence-corrected chi connectivity index (χ4v) is 1.71. The lowest BCUT2D eigenvalue weighted by atomic mass is 10.1. The zero-order valence-corrected chi connectivity index (χ0v) is 9.75. The molecule has 4 heteroatoms. The van der Waals surface area contributed by atoms with Gasteiger partial charge < -0.3 is 9.47 Å². The van der Waals surface area contributed by atoms with Crippen LogP contribution >= 0.6 is 11.6 Å². The number of nitrogens with zero attached hydrogens (tertiary/aromatic N) is 1. The van der Waals surface area contributed by atoms with E-state index in [1.165, 1.54) is 0 Å². The van der Waals surface area contributed by atoms with Crippen molar-refractivity contribution in [3.63, 3.8) is 0 Å². The number of hydrogen-bond acceptors (Lipinski definition) is 3. The van der Waals surface area contributed by atoms with Crippen molar-refractivity contribution < 1.29 is 9.47 Å². The Bertz CT molecular complexity index is 435. The minimum Gasteiger partial charge on any atom is -0.493 e. The van der Waals surface area contributed by atoms with Crippen LogP contribution < -0.4 is 9.47 Å². The molecule has 0 aliphatic heterocycles. The predicted molar refractivity (Wildman–Crippen MR) is 61.0 cm³/mol. The van der Waals surface area contributed by atoms with Gasteiger partial charge in [-0.25, -0.2) is 0 Å². The molecule has 3 nitrogen and oxygen atoms in total. The number of halogens is 1. The van der Waals surface area contributed by atoms with E-state index in [-0.39, 0.29) is 6.10 Å². The number of ether oxygens (including phenoxy) is 2. The monoisotopic (exact) mass is 237 g/mol. The van der Waals surface area contributed by atoms with Crippen LogP contribution in [0.25, 0.3) is 0 Å². The zero-order chi connectivity index (χ0) is 11.5. The van der Waals surface area contributed by atoms with Gasteiger partial charge in [0.2, 0.25) is 0 Å². The van der Waals surface area contributed by atoms with E-state index in [1.807, 2.05) is 0 Å². The summed E-state index contributed by atoms with van der Waals surface area (Å²) >= 11 is 6.11. The average molecular weight is 238 g/mol. The highest BCUT2D eigenvalue weighted by molar-refractivity contribution is 6.32. The van der Waals surface area contributed by atoms with Gasteiger partial charge in [-0.3, -0.25) is 0 Å². The van der Waals surface area contributed by atoms with Crippen LogP contribution in [0.1, 0.15) is 18.4 Å². The summed E-state index contributed by atoms with van der Waals surface area (Å²) in [4.78, 5) is 0. The molecule has 0 bridgehead atoms. The molecule has 0 radical (unpaired) electrons. The average Bonchev–Trinajstić information content (AvgIpc) is 3.06. The first-order chi connectivity index (χ1) is 7.74. The normalized spacial score (nSPS) is 14.3. The second-order valence-corrected chi connectivity index (χ2v) is 4.17. The maximum atomic E-state index is 8.63. The molecule has 0 unspecified atom stereocenters. The minimum atomic E-state index is 0.271. The van der Waals surface area contributed by atoms with Gasteiger partial charge in [0, 0.05) is 0 Å². The Hall–Kier alpha value is -1.40. The lowest BCUT2D eigenvalue weighted by Gasteiger charge is -2.12. The summed E-state index contributed by atoms with van der Waals surface area (Å²) in [6, 6.07) is 5.63. The third-order valence-electron chi connectivity index (χ3n) is 2.38. The molecule has 0 spiro atoms. The molecule has 1 aromatic carbocycles.